The summed E-state index contributed by atoms with van der Waals surface area (Å²) in [5.74, 6) is 0. The Labute approximate surface area is 130 Å². The minimum Gasteiger partial charge on any atom is -0.380 e. The Morgan fingerprint density at radius 2 is 2.05 bits per heavy atom. The maximum absolute atomic E-state index is 12.1. The van der Waals surface area contributed by atoms with Gasteiger partial charge in [0.05, 0.1) is 11.9 Å². The van der Waals surface area contributed by atoms with Gasteiger partial charge >= 0.3 is 0 Å². The molecule has 0 amide bonds. The lowest BCUT2D eigenvalue weighted by atomic mass is 10.1. The lowest BCUT2D eigenvalue weighted by Crippen LogP contribution is -2.26. The van der Waals surface area contributed by atoms with Gasteiger partial charge < -0.3 is 5.32 Å². The van der Waals surface area contributed by atoms with E-state index in [2.05, 4.69) is 40.2 Å². The van der Waals surface area contributed by atoms with Crippen molar-refractivity contribution >= 4 is 21.6 Å². The van der Waals surface area contributed by atoms with E-state index in [0.717, 1.165) is 18.5 Å². The predicted molar refractivity (Wildman–Crippen MR) is 88.3 cm³/mol. The van der Waals surface area contributed by atoms with E-state index in [1.54, 1.807) is 6.20 Å². The van der Waals surface area contributed by atoms with E-state index >= 15 is 0 Å². The smallest absolute Gasteiger partial charge is 0.283 e. The predicted octanol–water partition coefficient (Wildman–Crippen LogP) is 4.19. The molecule has 1 atom stereocenters. The van der Waals surface area contributed by atoms with Crippen LogP contribution in [0.4, 0.5) is 5.69 Å². The van der Waals surface area contributed by atoms with Crippen molar-refractivity contribution in [3.05, 3.63) is 21.0 Å². The highest BCUT2D eigenvalue weighted by atomic mass is 79.9. The van der Waals surface area contributed by atoms with E-state index in [1.807, 2.05) is 6.92 Å². The van der Waals surface area contributed by atoms with Crippen molar-refractivity contribution in [3.8, 4) is 0 Å². The first-order chi connectivity index (χ1) is 9.60. The van der Waals surface area contributed by atoms with Crippen LogP contribution in [0.1, 0.15) is 59.3 Å². The van der Waals surface area contributed by atoms with Crippen molar-refractivity contribution in [2.24, 2.45) is 0 Å². The first-order valence-corrected chi connectivity index (χ1v) is 8.41. The van der Waals surface area contributed by atoms with Gasteiger partial charge in [-0.25, -0.2) is 4.68 Å². The number of halogens is 1. The molecule has 0 fully saturated rings. The number of anilines is 1. The Hall–Kier alpha value is -0.840. The second-order valence-corrected chi connectivity index (χ2v) is 6.09. The van der Waals surface area contributed by atoms with E-state index < -0.39 is 0 Å². The third-order valence-electron chi connectivity index (χ3n) is 3.31. The van der Waals surface area contributed by atoms with Crippen molar-refractivity contribution < 1.29 is 0 Å². The molecular formula is C15H26BrN3O. The Balaban J connectivity index is 2.59. The van der Waals surface area contributed by atoms with Crippen LogP contribution in [-0.4, -0.2) is 15.8 Å². The Morgan fingerprint density at radius 1 is 1.30 bits per heavy atom. The van der Waals surface area contributed by atoms with Crippen LogP contribution in [0.2, 0.25) is 0 Å². The molecular weight excluding hydrogens is 318 g/mol. The number of aromatic nitrogens is 2. The molecule has 0 aromatic carbocycles. The standard InChI is InChI=1S/C15H26BrN3O/c1-4-6-7-8-9-12(3)18-13-11-17-19(10-5-2)15(20)14(13)16/h11-12,18H,4-10H2,1-3H3. The van der Waals surface area contributed by atoms with Crippen LogP contribution in [-0.2, 0) is 6.54 Å². The van der Waals surface area contributed by atoms with Gasteiger partial charge in [0.25, 0.3) is 5.56 Å². The van der Waals surface area contributed by atoms with Crippen LogP contribution < -0.4 is 10.9 Å². The summed E-state index contributed by atoms with van der Waals surface area (Å²) in [6.07, 6.45) is 8.81. The molecule has 1 N–H and O–H groups in total. The zero-order valence-corrected chi connectivity index (χ0v) is 14.4. The quantitative estimate of drug-likeness (QED) is 0.684. The summed E-state index contributed by atoms with van der Waals surface area (Å²) in [4.78, 5) is 12.1. The number of hydrogen-bond acceptors (Lipinski definition) is 3. The van der Waals surface area contributed by atoms with E-state index in [-0.39, 0.29) is 5.56 Å². The van der Waals surface area contributed by atoms with Gasteiger partial charge in [-0.05, 0) is 35.7 Å². The third kappa shape index (κ3) is 5.27. The monoisotopic (exact) mass is 343 g/mol. The molecule has 114 valence electrons. The maximum atomic E-state index is 12.1. The van der Waals surface area contributed by atoms with E-state index in [9.17, 15) is 4.79 Å². The molecule has 1 rings (SSSR count). The van der Waals surface area contributed by atoms with Gasteiger partial charge in [-0.15, -0.1) is 0 Å². The van der Waals surface area contributed by atoms with Crippen molar-refractivity contribution in [3.63, 3.8) is 0 Å². The van der Waals surface area contributed by atoms with Gasteiger partial charge in [-0.1, -0.05) is 39.5 Å². The Kier molecular flexibility index (Phi) is 7.88. The van der Waals surface area contributed by atoms with Crippen molar-refractivity contribution in [1.29, 1.82) is 0 Å². The fraction of sp³-hybridized carbons (Fsp3) is 0.733. The summed E-state index contributed by atoms with van der Waals surface area (Å²) in [5.41, 5.74) is 0.736. The van der Waals surface area contributed by atoms with Gasteiger partial charge in [0.1, 0.15) is 4.47 Å². The van der Waals surface area contributed by atoms with Gasteiger partial charge in [0.15, 0.2) is 0 Å². The summed E-state index contributed by atoms with van der Waals surface area (Å²) in [6, 6.07) is 0.353. The van der Waals surface area contributed by atoms with Gasteiger partial charge in [-0.2, -0.15) is 5.10 Å². The van der Waals surface area contributed by atoms with Crippen molar-refractivity contribution in [2.75, 3.05) is 5.32 Å². The number of aryl methyl sites for hydroxylation is 1. The zero-order chi connectivity index (χ0) is 15.0. The highest BCUT2D eigenvalue weighted by Gasteiger charge is 2.10. The lowest BCUT2D eigenvalue weighted by molar-refractivity contribution is 0.563. The summed E-state index contributed by atoms with van der Waals surface area (Å²) in [7, 11) is 0. The minimum atomic E-state index is -0.0602. The molecule has 0 radical (unpaired) electrons. The third-order valence-corrected chi connectivity index (χ3v) is 4.08. The topological polar surface area (TPSA) is 46.9 Å². The van der Waals surface area contributed by atoms with E-state index in [1.165, 1.54) is 30.4 Å². The van der Waals surface area contributed by atoms with Crippen molar-refractivity contribution in [1.82, 2.24) is 9.78 Å². The van der Waals surface area contributed by atoms with Crippen LogP contribution >= 0.6 is 15.9 Å². The summed E-state index contributed by atoms with van der Waals surface area (Å²) >= 11 is 3.39. The molecule has 0 spiro atoms. The fourth-order valence-corrected chi connectivity index (χ4v) is 2.57. The average molecular weight is 344 g/mol. The number of hydrogen-bond donors (Lipinski definition) is 1. The number of nitrogens with one attached hydrogen (secondary N) is 1. The van der Waals surface area contributed by atoms with E-state index in [0.29, 0.717) is 17.1 Å². The number of nitrogens with zero attached hydrogens (tertiary/aromatic N) is 2. The second kappa shape index (κ2) is 9.16. The molecule has 0 aliphatic carbocycles. The highest BCUT2D eigenvalue weighted by molar-refractivity contribution is 9.10. The molecule has 4 nitrogen and oxygen atoms in total. The first-order valence-electron chi connectivity index (χ1n) is 7.62. The number of unbranched alkanes of at least 4 members (excludes halogenated alkanes) is 3. The van der Waals surface area contributed by atoms with Gasteiger partial charge in [-0.3, -0.25) is 4.79 Å². The summed E-state index contributed by atoms with van der Waals surface area (Å²) in [5, 5.41) is 7.58. The molecule has 1 aromatic heterocycles. The molecule has 0 aliphatic rings. The summed E-state index contributed by atoms with van der Waals surface area (Å²) in [6.45, 7) is 7.06. The van der Waals surface area contributed by atoms with Gasteiger partial charge in [0, 0.05) is 12.6 Å². The molecule has 0 saturated heterocycles. The van der Waals surface area contributed by atoms with Crippen LogP contribution in [0.5, 0.6) is 0 Å². The second-order valence-electron chi connectivity index (χ2n) is 5.30. The molecule has 20 heavy (non-hydrogen) atoms. The highest BCUT2D eigenvalue weighted by Crippen LogP contribution is 2.18. The van der Waals surface area contributed by atoms with Gasteiger partial charge in [0.2, 0.25) is 0 Å². The first kappa shape index (κ1) is 17.2. The Bertz CT molecular complexity index is 459. The zero-order valence-electron chi connectivity index (χ0n) is 12.8. The maximum Gasteiger partial charge on any atom is 0.283 e. The van der Waals surface area contributed by atoms with Crippen LogP contribution in [0.3, 0.4) is 0 Å². The van der Waals surface area contributed by atoms with Crippen LogP contribution in [0.25, 0.3) is 0 Å². The molecule has 0 bridgehead atoms. The number of rotatable bonds is 9. The normalized spacial score (nSPS) is 12.4. The Morgan fingerprint density at radius 3 is 2.70 bits per heavy atom. The molecule has 5 heteroatoms. The van der Waals surface area contributed by atoms with Crippen molar-refractivity contribution in [2.45, 2.75) is 71.9 Å². The molecule has 1 heterocycles. The molecule has 1 unspecified atom stereocenters. The van der Waals surface area contributed by atoms with Crippen LogP contribution in [0.15, 0.2) is 15.5 Å². The lowest BCUT2D eigenvalue weighted by Gasteiger charge is -2.16. The molecule has 0 aliphatic heterocycles. The van der Waals surface area contributed by atoms with Crippen LogP contribution in [0, 0.1) is 0 Å². The average Bonchev–Trinajstić information content (AvgIpc) is 2.43. The summed E-state index contributed by atoms with van der Waals surface area (Å²) < 4.78 is 2.09. The fourth-order valence-electron chi connectivity index (χ4n) is 2.15. The minimum absolute atomic E-state index is 0.0602. The SMILES string of the molecule is CCCCCCC(C)Nc1cnn(CCC)c(=O)c1Br. The molecule has 0 saturated carbocycles. The molecule has 1 aromatic rings. The largest absolute Gasteiger partial charge is 0.380 e. The van der Waals surface area contributed by atoms with E-state index in [4.69, 9.17) is 0 Å².